The molecular weight excluding hydrogens is 350 g/mol. The molecule has 158 valence electrons. The molecule has 0 saturated carbocycles. The van der Waals surface area contributed by atoms with Gasteiger partial charge in [-0.2, -0.15) is 0 Å². The number of nitrogens with one attached hydrogen (secondary N) is 2. The summed E-state index contributed by atoms with van der Waals surface area (Å²) in [5.41, 5.74) is 2.57. The largest absolute Gasteiger partial charge is 0.379 e. The molecule has 1 unspecified atom stereocenters. The Hall–Kier alpha value is -1.79. The lowest BCUT2D eigenvalue weighted by molar-refractivity contribution is 0.00867. The molecule has 1 aliphatic rings. The first kappa shape index (κ1) is 22.5. The zero-order chi connectivity index (χ0) is 20.4. The lowest BCUT2D eigenvalue weighted by Crippen LogP contribution is -2.48. The van der Waals surface area contributed by atoms with Crippen LogP contribution in [0.25, 0.3) is 0 Å². The van der Waals surface area contributed by atoms with Gasteiger partial charge in [0.1, 0.15) is 0 Å². The van der Waals surface area contributed by atoms with Gasteiger partial charge in [0.15, 0.2) is 5.96 Å². The Morgan fingerprint density at radius 2 is 1.82 bits per heavy atom. The number of guanidine groups is 1. The third kappa shape index (κ3) is 7.32. The van der Waals surface area contributed by atoms with Crippen LogP contribution in [0.15, 0.2) is 29.3 Å². The number of benzene rings is 1. The summed E-state index contributed by atoms with van der Waals surface area (Å²) in [6, 6.07) is 9.20. The van der Waals surface area contributed by atoms with Crippen LogP contribution in [0.2, 0.25) is 0 Å². The van der Waals surface area contributed by atoms with Crippen LogP contribution in [0, 0.1) is 5.92 Å². The van der Waals surface area contributed by atoms with Crippen LogP contribution in [-0.4, -0.2) is 76.9 Å². The van der Waals surface area contributed by atoms with Gasteiger partial charge in [-0.25, -0.2) is 0 Å². The van der Waals surface area contributed by atoms with Crippen LogP contribution >= 0.6 is 0 Å². The second-order valence-corrected chi connectivity index (χ2v) is 7.92. The Morgan fingerprint density at radius 1 is 1.14 bits per heavy atom. The Bertz CT molecular complexity index is 579. The summed E-state index contributed by atoms with van der Waals surface area (Å²) >= 11 is 0. The van der Waals surface area contributed by atoms with Crippen molar-refractivity contribution in [2.75, 3.05) is 64.9 Å². The monoisotopic (exact) mass is 389 g/mol. The molecule has 0 aliphatic carbocycles. The van der Waals surface area contributed by atoms with Crippen LogP contribution in [0.4, 0.5) is 5.69 Å². The number of hydrogen-bond donors (Lipinski definition) is 2. The van der Waals surface area contributed by atoms with Crippen LogP contribution in [0.3, 0.4) is 0 Å². The smallest absolute Gasteiger partial charge is 0.191 e. The van der Waals surface area contributed by atoms with Crippen LogP contribution in [0.1, 0.15) is 26.3 Å². The highest BCUT2D eigenvalue weighted by Gasteiger charge is 2.23. The van der Waals surface area contributed by atoms with E-state index in [0.717, 1.165) is 58.3 Å². The minimum absolute atomic E-state index is 0.456. The summed E-state index contributed by atoms with van der Waals surface area (Å²) in [5.74, 6) is 1.48. The van der Waals surface area contributed by atoms with E-state index in [4.69, 9.17) is 9.73 Å². The third-order valence-electron chi connectivity index (χ3n) is 5.22. The number of nitrogens with zero attached hydrogens (tertiary/aromatic N) is 3. The molecule has 2 N–H and O–H groups in total. The van der Waals surface area contributed by atoms with E-state index in [1.807, 2.05) is 0 Å². The van der Waals surface area contributed by atoms with Gasteiger partial charge in [0.25, 0.3) is 0 Å². The molecule has 0 spiro atoms. The topological polar surface area (TPSA) is 52.1 Å². The SMILES string of the molecule is CCNC(=NCC(C(C)C)N1CCOCC1)NCCc1ccc(N(C)C)cc1. The van der Waals surface area contributed by atoms with Crippen molar-refractivity contribution in [1.29, 1.82) is 0 Å². The molecule has 28 heavy (non-hydrogen) atoms. The number of anilines is 1. The minimum atomic E-state index is 0.456. The van der Waals surface area contributed by atoms with Gasteiger partial charge in [-0.3, -0.25) is 9.89 Å². The molecule has 2 rings (SSSR count). The van der Waals surface area contributed by atoms with Gasteiger partial charge in [-0.15, -0.1) is 0 Å². The van der Waals surface area contributed by atoms with Crippen molar-refractivity contribution < 1.29 is 4.74 Å². The first-order valence-electron chi connectivity index (χ1n) is 10.6. The average Bonchev–Trinajstić information content (AvgIpc) is 2.69. The Balaban J connectivity index is 1.87. The number of morpholine rings is 1. The molecule has 0 aromatic heterocycles. The Morgan fingerprint density at radius 3 is 2.39 bits per heavy atom. The van der Waals surface area contributed by atoms with E-state index in [9.17, 15) is 0 Å². The van der Waals surface area contributed by atoms with Crippen molar-refractivity contribution in [2.24, 2.45) is 10.9 Å². The highest BCUT2D eigenvalue weighted by atomic mass is 16.5. The van der Waals surface area contributed by atoms with E-state index >= 15 is 0 Å². The summed E-state index contributed by atoms with van der Waals surface area (Å²) in [6.07, 6.45) is 0.981. The molecule has 6 heteroatoms. The summed E-state index contributed by atoms with van der Waals surface area (Å²) in [4.78, 5) is 9.53. The maximum atomic E-state index is 5.50. The van der Waals surface area contributed by atoms with E-state index in [2.05, 4.69) is 79.6 Å². The number of hydrogen-bond acceptors (Lipinski definition) is 4. The highest BCUT2D eigenvalue weighted by molar-refractivity contribution is 5.79. The van der Waals surface area contributed by atoms with Crippen LogP contribution < -0.4 is 15.5 Å². The number of rotatable bonds is 9. The maximum absolute atomic E-state index is 5.50. The van der Waals surface area contributed by atoms with Gasteiger partial charge < -0.3 is 20.3 Å². The zero-order valence-corrected chi connectivity index (χ0v) is 18.4. The van der Waals surface area contributed by atoms with Crippen molar-refractivity contribution in [3.63, 3.8) is 0 Å². The molecule has 0 radical (unpaired) electrons. The van der Waals surface area contributed by atoms with E-state index in [0.29, 0.717) is 12.0 Å². The lowest BCUT2D eigenvalue weighted by atomic mass is 10.0. The first-order valence-corrected chi connectivity index (χ1v) is 10.6. The normalized spacial score (nSPS) is 16.9. The van der Waals surface area contributed by atoms with Crippen LogP contribution in [-0.2, 0) is 11.2 Å². The fourth-order valence-electron chi connectivity index (χ4n) is 3.47. The van der Waals surface area contributed by atoms with Crippen molar-refractivity contribution in [1.82, 2.24) is 15.5 Å². The highest BCUT2D eigenvalue weighted by Crippen LogP contribution is 2.14. The molecule has 1 saturated heterocycles. The standard InChI is InChI=1S/C22H39N5O/c1-6-23-22(24-12-11-19-7-9-20(10-8-19)26(4)5)25-17-21(18(2)3)27-13-15-28-16-14-27/h7-10,18,21H,6,11-17H2,1-5H3,(H2,23,24,25). The molecule has 1 fully saturated rings. The fraction of sp³-hybridized carbons (Fsp3) is 0.682. The molecule has 6 nitrogen and oxygen atoms in total. The predicted octanol–water partition coefficient (Wildman–Crippen LogP) is 2.21. The van der Waals surface area contributed by atoms with Crippen molar-refractivity contribution in [3.05, 3.63) is 29.8 Å². The van der Waals surface area contributed by atoms with Crippen LogP contribution in [0.5, 0.6) is 0 Å². The molecule has 1 aliphatic heterocycles. The molecule has 1 aromatic rings. The van der Waals surface area contributed by atoms with Gasteiger partial charge in [0, 0.05) is 52.0 Å². The number of aliphatic imine (C=N–C) groups is 1. The predicted molar refractivity (Wildman–Crippen MR) is 119 cm³/mol. The maximum Gasteiger partial charge on any atom is 0.191 e. The summed E-state index contributed by atoms with van der Waals surface area (Å²) in [7, 11) is 4.13. The lowest BCUT2D eigenvalue weighted by Gasteiger charge is -2.36. The Labute approximate surface area is 171 Å². The third-order valence-corrected chi connectivity index (χ3v) is 5.22. The van der Waals surface area contributed by atoms with E-state index < -0.39 is 0 Å². The van der Waals surface area contributed by atoms with Crippen molar-refractivity contribution >= 4 is 11.6 Å². The second-order valence-electron chi connectivity index (χ2n) is 7.92. The van der Waals surface area contributed by atoms with Gasteiger partial charge in [-0.05, 0) is 37.0 Å². The van der Waals surface area contributed by atoms with Gasteiger partial charge in [-0.1, -0.05) is 26.0 Å². The van der Waals surface area contributed by atoms with E-state index in [-0.39, 0.29) is 0 Å². The van der Waals surface area contributed by atoms with Crippen molar-refractivity contribution in [3.8, 4) is 0 Å². The van der Waals surface area contributed by atoms with Crippen molar-refractivity contribution in [2.45, 2.75) is 33.2 Å². The number of ether oxygens (including phenoxy) is 1. The summed E-state index contributed by atoms with van der Waals surface area (Å²) in [5, 5.41) is 6.87. The molecule has 0 bridgehead atoms. The second kappa shape index (κ2) is 11.9. The fourth-order valence-corrected chi connectivity index (χ4v) is 3.47. The molecule has 1 heterocycles. The quantitative estimate of drug-likeness (QED) is 0.501. The van der Waals surface area contributed by atoms with E-state index in [1.54, 1.807) is 0 Å². The van der Waals surface area contributed by atoms with Gasteiger partial charge in [0.05, 0.1) is 19.8 Å². The summed E-state index contributed by atoms with van der Waals surface area (Å²) < 4.78 is 5.50. The average molecular weight is 390 g/mol. The molecule has 1 aromatic carbocycles. The Kier molecular flexibility index (Phi) is 9.58. The summed E-state index contributed by atoms with van der Waals surface area (Å²) in [6.45, 7) is 12.9. The molecule has 1 atom stereocenters. The molecule has 0 amide bonds. The first-order chi connectivity index (χ1) is 13.5. The van der Waals surface area contributed by atoms with Gasteiger partial charge in [0.2, 0.25) is 0 Å². The molecular formula is C22H39N5O. The minimum Gasteiger partial charge on any atom is -0.379 e. The zero-order valence-electron chi connectivity index (χ0n) is 18.4. The van der Waals surface area contributed by atoms with E-state index in [1.165, 1.54) is 11.3 Å². The van der Waals surface area contributed by atoms with Gasteiger partial charge >= 0.3 is 0 Å².